The van der Waals surface area contributed by atoms with Crippen molar-refractivity contribution in [1.82, 2.24) is 29.9 Å². The van der Waals surface area contributed by atoms with E-state index in [0.29, 0.717) is 43.7 Å². The fourth-order valence-corrected chi connectivity index (χ4v) is 3.24. The summed E-state index contributed by atoms with van der Waals surface area (Å²) in [4.78, 5) is 31.8. The second kappa shape index (κ2) is 7.33. The Morgan fingerprint density at radius 3 is 2.64 bits per heavy atom. The fraction of sp³-hybridized carbons (Fsp3) is 0.250. The maximum atomic E-state index is 12.8. The number of aromatic nitrogens is 5. The Labute approximate surface area is 159 Å². The molecule has 0 spiro atoms. The summed E-state index contributed by atoms with van der Waals surface area (Å²) in [6, 6.07) is 4.24. The predicted molar refractivity (Wildman–Crippen MR) is 98.3 cm³/mol. The van der Waals surface area contributed by atoms with Crippen molar-refractivity contribution in [1.29, 1.82) is 0 Å². The molecule has 1 aliphatic rings. The number of nitrogens with zero attached hydrogens (tertiary/aromatic N) is 7. The first-order chi connectivity index (χ1) is 13.6. The van der Waals surface area contributed by atoms with E-state index >= 15 is 0 Å². The molecule has 0 saturated carbocycles. The van der Waals surface area contributed by atoms with Gasteiger partial charge in [0.1, 0.15) is 6.29 Å². The molecule has 142 valence electrons. The smallest absolute Gasteiger partial charge is 0.423 e. The van der Waals surface area contributed by atoms with Crippen molar-refractivity contribution in [2.75, 3.05) is 31.1 Å². The van der Waals surface area contributed by atoms with E-state index in [2.05, 4.69) is 20.5 Å². The molecule has 3 heterocycles. The van der Waals surface area contributed by atoms with Crippen molar-refractivity contribution in [3.63, 3.8) is 0 Å². The molecular weight excluding hydrogens is 365 g/mol. The van der Waals surface area contributed by atoms with Crippen LogP contribution in [0.2, 0.25) is 0 Å². The van der Waals surface area contributed by atoms with Crippen LogP contribution in [0.4, 0.5) is 5.82 Å². The van der Waals surface area contributed by atoms with Gasteiger partial charge in [0.15, 0.2) is 11.5 Å². The van der Waals surface area contributed by atoms with E-state index < -0.39 is 7.12 Å². The highest BCUT2D eigenvalue weighted by atomic mass is 16.4. The molecule has 1 aliphatic heterocycles. The monoisotopic (exact) mass is 381 g/mol. The molecule has 0 atom stereocenters. The number of hydrogen-bond acceptors (Lipinski definition) is 9. The zero-order valence-electron chi connectivity index (χ0n) is 14.7. The minimum atomic E-state index is -1.77. The van der Waals surface area contributed by atoms with Crippen LogP contribution in [-0.4, -0.2) is 85.5 Å². The number of benzene rings is 1. The number of amides is 1. The van der Waals surface area contributed by atoms with Gasteiger partial charge in [-0.1, -0.05) is 6.07 Å². The molecule has 12 heteroatoms. The van der Waals surface area contributed by atoms with E-state index in [-0.39, 0.29) is 16.9 Å². The van der Waals surface area contributed by atoms with Crippen LogP contribution in [0.1, 0.15) is 20.7 Å². The molecule has 2 N–H and O–H groups in total. The summed E-state index contributed by atoms with van der Waals surface area (Å²) in [6.07, 6.45) is 3.75. The third kappa shape index (κ3) is 3.19. The molecule has 11 nitrogen and oxygen atoms in total. The first-order valence-corrected chi connectivity index (χ1v) is 8.60. The third-order valence-corrected chi connectivity index (χ3v) is 4.72. The molecule has 1 saturated heterocycles. The zero-order valence-corrected chi connectivity index (χ0v) is 14.7. The average Bonchev–Trinajstić information content (AvgIpc) is 3.21. The van der Waals surface area contributed by atoms with Crippen LogP contribution in [-0.2, 0) is 0 Å². The number of tetrazole rings is 1. The fourth-order valence-electron chi connectivity index (χ4n) is 3.24. The molecule has 28 heavy (non-hydrogen) atoms. The van der Waals surface area contributed by atoms with Gasteiger partial charge in [-0.05, 0) is 28.0 Å². The van der Waals surface area contributed by atoms with Crippen molar-refractivity contribution in [3.05, 3.63) is 41.7 Å². The number of fused-ring (bicyclic) bond motifs is 1. The Morgan fingerprint density at radius 1 is 1.14 bits per heavy atom. The van der Waals surface area contributed by atoms with Crippen LogP contribution in [0.5, 0.6) is 0 Å². The quantitative estimate of drug-likeness (QED) is 0.387. The Balaban J connectivity index is 1.48. The summed E-state index contributed by atoms with van der Waals surface area (Å²) < 4.78 is 1.60. The predicted octanol–water partition coefficient (Wildman–Crippen LogP) is -2.03. The van der Waals surface area contributed by atoms with E-state index in [0.717, 1.165) is 5.82 Å². The van der Waals surface area contributed by atoms with E-state index in [9.17, 15) is 19.6 Å². The summed E-state index contributed by atoms with van der Waals surface area (Å²) in [7, 11) is -1.77. The second-order valence-electron chi connectivity index (χ2n) is 6.33. The molecule has 0 unspecified atom stereocenters. The molecule has 3 aromatic rings. The molecule has 2 aromatic heterocycles. The summed E-state index contributed by atoms with van der Waals surface area (Å²) in [5, 5.41) is 30.0. The lowest BCUT2D eigenvalue weighted by molar-refractivity contribution is 0.0746. The first kappa shape index (κ1) is 18.0. The number of carbonyl (C=O) groups excluding carboxylic acids is 2. The lowest BCUT2D eigenvalue weighted by atomic mass is 9.77. The van der Waals surface area contributed by atoms with Gasteiger partial charge >= 0.3 is 7.12 Å². The first-order valence-electron chi connectivity index (χ1n) is 8.60. The minimum Gasteiger partial charge on any atom is -0.423 e. The molecule has 0 radical (unpaired) electrons. The van der Waals surface area contributed by atoms with Crippen molar-refractivity contribution >= 4 is 36.2 Å². The molecule has 1 amide bonds. The number of anilines is 1. The topological polar surface area (TPSA) is 137 Å². The largest absolute Gasteiger partial charge is 0.489 e. The van der Waals surface area contributed by atoms with Gasteiger partial charge in [-0.3, -0.25) is 14.6 Å². The van der Waals surface area contributed by atoms with E-state index in [1.54, 1.807) is 21.8 Å². The zero-order chi connectivity index (χ0) is 19.7. The van der Waals surface area contributed by atoms with Crippen molar-refractivity contribution in [2.45, 2.75) is 0 Å². The van der Waals surface area contributed by atoms with Crippen LogP contribution in [0.3, 0.4) is 0 Å². The average molecular weight is 381 g/mol. The van der Waals surface area contributed by atoms with Gasteiger partial charge in [-0.25, -0.2) is 0 Å². The molecule has 1 aromatic carbocycles. The highest BCUT2D eigenvalue weighted by Gasteiger charge is 2.25. The van der Waals surface area contributed by atoms with Crippen LogP contribution in [0.15, 0.2) is 30.6 Å². The standard InChI is InChI=1S/C16H16BN7O4/c25-10-12-7-11(1-2-13(12)17(27)28)16(26)23-5-3-22(4-6-23)15-9-18-8-14-19-20-21-24(14)15/h1-2,7-10,27-28H,3-6H2. The Morgan fingerprint density at radius 2 is 1.93 bits per heavy atom. The van der Waals surface area contributed by atoms with Crippen LogP contribution in [0, 0.1) is 0 Å². The second-order valence-corrected chi connectivity index (χ2v) is 6.33. The van der Waals surface area contributed by atoms with Gasteiger partial charge in [0.2, 0.25) is 0 Å². The van der Waals surface area contributed by atoms with E-state index in [1.807, 2.05) is 4.90 Å². The summed E-state index contributed by atoms with van der Waals surface area (Å²) in [5.74, 6) is 0.527. The van der Waals surface area contributed by atoms with Gasteiger partial charge in [0.05, 0.1) is 12.4 Å². The van der Waals surface area contributed by atoms with Gasteiger partial charge in [-0.15, -0.1) is 5.10 Å². The Kier molecular flexibility index (Phi) is 4.71. The number of rotatable bonds is 4. The summed E-state index contributed by atoms with van der Waals surface area (Å²) in [6.45, 7) is 2.08. The molecule has 4 rings (SSSR count). The Hall–Kier alpha value is -3.38. The lowest BCUT2D eigenvalue weighted by Crippen LogP contribution is -2.49. The van der Waals surface area contributed by atoms with E-state index in [1.165, 1.54) is 18.2 Å². The number of hydrogen-bond donors (Lipinski definition) is 2. The molecule has 0 bridgehead atoms. The van der Waals surface area contributed by atoms with Crippen molar-refractivity contribution in [3.8, 4) is 0 Å². The lowest BCUT2D eigenvalue weighted by Gasteiger charge is -2.35. The minimum absolute atomic E-state index is 0.0680. The van der Waals surface area contributed by atoms with Crippen molar-refractivity contribution < 1.29 is 19.6 Å². The van der Waals surface area contributed by atoms with Gasteiger partial charge in [-0.2, -0.15) is 4.52 Å². The third-order valence-electron chi connectivity index (χ3n) is 4.72. The summed E-state index contributed by atoms with van der Waals surface area (Å²) >= 11 is 0. The van der Waals surface area contributed by atoms with Crippen LogP contribution >= 0.6 is 0 Å². The van der Waals surface area contributed by atoms with Crippen molar-refractivity contribution in [2.24, 2.45) is 0 Å². The van der Waals surface area contributed by atoms with Gasteiger partial charge < -0.3 is 19.8 Å². The van der Waals surface area contributed by atoms with Gasteiger partial charge in [0, 0.05) is 37.3 Å². The molecule has 1 fully saturated rings. The number of carbonyl (C=O) groups is 2. The van der Waals surface area contributed by atoms with Crippen LogP contribution < -0.4 is 10.4 Å². The molecular formula is C16H16BN7O4. The highest BCUT2D eigenvalue weighted by molar-refractivity contribution is 6.60. The maximum absolute atomic E-state index is 12.8. The molecule has 0 aliphatic carbocycles. The van der Waals surface area contributed by atoms with E-state index in [4.69, 9.17) is 0 Å². The summed E-state index contributed by atoms with van der Waals surface area (Å²) in [5.41, 5.74) is 1.02. The Bertz CT molecular complexity index is 1030. The SMILES string of the molecule is O=Cc1cc(C(=O)N2CCN(c3cncc4nnnn34)CC2)ccc1B(O)O. The number of aldehydes is 1. The van der Waals surface area contributed by atoms with Gasteiger partial charge in [0.25, 0.3) is 5.91 Å². The number of piperazine rings is 1. The maximum Gasteiger partial charge on any atom is 0.489 e. The normalized spacial score (nSPS) is 14.4. The highest BCUT2D eigenvalue weighted by Crippen LogP contribution is 2.17. The van der Waals surface area contributed by atoms with Crippen LogP contribution in [0.25, 0.3) is 5.65 Å².